The highest BCUT2D eigenvalue weighted by Gasteiger charge is 2.27. The van der Waals surface area contributed by atoms with Gasteiger partial charge in [-0.3, -0.25) is 0 Å². The van der Waals surface area contributed by atoms with Gasteiger partial charge < -0.3 is 0 Å². The van der Waals surface area contributed by atoms with Crippen LogP contribution in [0, 0.1) is 11.3 Å². The summed E-state index contributed by atoms with van der Waals surface area (Å²) in [5, 5.41) is 0. The third-order valence-electron chi connectivity index (χ3n) is 5.10. The molecule has 0 saturated heterocycles. The standard InChI is InChI=1S/C22H38/c1-18(2)12-9-7-8-10-13-19(3)15-16-21-20(4)14-11-17-22(21,5)6/h10,13,15,18H,7-9,11-12,14,16-17H2,1-6H3. The molecule has 1 aliphatic rings. The van der Waals surface area contributed by atoms with Crippen molar-refractivity contribution in [1.82, 2.24) is 0 Å². The third-order valence-corrected chi connectivity index (χ3v) is 5.10. The minimum absolute atomic E-state index is 0.402. The van der Waals surface area contributed by atoms with E-state index in [4.69, 9.17) is 0 Å². The van der Waals surface area contributed by atoms with Crippen LogP contribution in [0.25, 0.3) is 0 Å². The van der Waals surface area contributed by atoms with Crippen LogP contribution in [0.3, 0.4) is 0 Å². The van der Waals surface area contributed by atoms with Crippen molar-refractivity contribution in [3.8, 4) is 0 Å². The molecule has 0 atom stereocenters. The van der Waals surface area contributed by atoms with Gasteiger partial charge in [-0.05, 0) is 63.7 Å². The highest BCUT2D eigenvalue weighted by atomic mass is 14.3. The van der Waals surface area contributed by atoms with Gasteiger partial charge in [-0.1, -0.05) is 75.5 Å². The van der Waals surface area contributed by atoms with Crippen molar-refractivity contribution in [3.05, 3.63) is 34.9 Å². The maximum Gasteiger partial charge on any atom is -0.0125 e. The van der Waals surface area contributed by atoms with Crippen molar-refractivity contribution < 1.29 is 0 Å². The van der Waals surface area contributed by atoms with Crippen LogP contribution in [-0.2, 0) is 0 Å². The van der Waals surface area contributed by atoms with E-state index in [9.17, 15) is 0 Å². The first kappa shape index (κ1) is 19.3. The lowest BCUT2D eigenvalue weighted by atomic mass is 9.71. The first-order valence-corrected chi connectivity index (χ1v) is 9.35. The summed E-state index contributed by atoms with van der Waals surface area (Å²) in [5.74, 6) is 0.848. The number of allylic oxidation sites excluding steroid dienone is 6. The zero-order valence-electron chi connectivity index (χ0n) is 16.0. The molecule has 126 valence electrons. The van der Waals surface area contributed by atoms with Gasteiger partial charge in [0.1, 0.15) is 0 Å². The molecule has 0 radical (unpaired) electrons. The summed E-state index contributed by atoms with van der Waals surface area (Å²) in [6, 6.07) is 0. The number of rotatable bonds is 8. The lowest BCUT2D eigenvalue weighted by Gasteiger charge is -2.34. The SMILES string of the molecule is CC(C=CCCCCC(C)C)=CCC1=C(C)CCCC1(C)C. The van der Waals surface area contributed by atoms with E-state index in [0.717, 1.165) is 12.3 Å². The number of hydrogen-bond acceptors (Lipinski definition) is 0. The molecule has 0 aromatic rings. The molecular weight excluding hydrogens is 264 g/mol. The number of hydrogen-bond donors (Lipinski definition) is 0. The predicted octanol–water partition coefficient (Wildman–Crippen LogP) is 7.62. The second kappa shape index (κ2) is 9.38. The van der Waals surface area contributed by atoms with Crippen molar-refractivity contribution in [3.63, 3.8) is 0 Å². The second-order valence-electron chi connectivity index (χ2n) is 8.23. The molecule has 0 aromatic heterocycles. The molecule has 0 heteroatoms. The zero-order chi connectivity index (χ0) is 16.6. The van der Waals surface area contributed by atoms with Crippen LogP contribution in [0.15, 0.2) is 34.9 Å². The predicted molar refractivity (Wildman–Crippen MR) is 101 cm³/mol. The van der Waals surface area contributed by atoms with E-state index >= 15 is 0 Å². The molecule has 0 saturated carbocycles. The van der Waals surface area contributed by atoms with E-state index in [1.807, 2.05) is 0 Å². The molecule has 0 amide bonds. The summed E-state index contributed by atoms with van der Waals surface area (Å²) in [5.41, 5.74) is 5.14. The first-order valence-electron chi connectivity index (χ1n) is 9.35. The summed E-state index contributed by atoms with van der Waals surface area (Å²) >= 11 is 0. The molecule has 0 nitrogen and oxygen atoms in total. The molecule has 0 N–H and O–H groups in total. The molecule has 1 rings (SSSR count). The smallest absolute Gasteiger partial charge is 0.0125 e. The molecule has 0 fully saturated rings. The average Bonchev–Trinajstić information content (AvgIpc) is 2.41. The topological polar surface area (TPSA) is 0 Å². The van der Waals surface area contributed by atoms with Gasteiger partial charge in [0.15, 0.2) is 0 Å². The lowest BCUT2D eigenvalue weighted by molar-refractivity contribution is 0.360. The maximum atomic E-state index is 2.43. The summed E-state index contributed by atoms with van der Waals surface area (Å²) in [6.45, 7) is 14.0. The lowest BCUT2D eigenvalue weighted by Crippen LogP contribution is -2.20. The molecule has 0 bridgehead atoms. The van der Waals surface area contributed by atoms with E-state index in [1.165, 1.54) is 50.5 Å². The third kappa shape index (κ3) is 6.99. The summed E-state index contributed by atoms with van der Waals surface area (Å²) < 4.78 is 0. The van der Waals surface area contributed by atoms with Gasteiger partial charge in [0.05, 0.1) is 0 Å². The summed E-state index contributed by atoms with van der Waals surface area (Å²) in [4.78, 5) is 0. The molecule has 0 unspecified atom stereocenters. The van der Waals surface area contributed by atoms with Crippen LogP contribution in [0.5, 0.6) is 0 Å². The fourth-order valence-electron chi connectivity index (χ4n) is 3.54. The van der Waals surface area contributed by atoms with Crippen LogP contribution >= 0.6 is 0 Å². The maximum absolute atomic E-state index is 2.43. The van der Waals surface area contributed by atoms with Gasteiger partial charge in [0, 0.05) is 0 Å². The summed E-state index contributed by atoms with van der Waals surface area (Å²) in [7, 11) is 0. The normalized spacial score (nSPS) is 19.5. The molecular formula is C22H38. The Bertz CT molecular complexity index is 415. The van der Waals surface area contributed by atoms with E-state index in [0.29, 0.717) is 5.41 Å². The highest BCUT2D eigenvalue weighted by molar-refractivity contribution is 5.27. The van der Waals surface area contributed by atoms with Gasteiger partial charge >= 0.3 is 0 Å². The average molecular weight is 303 g/mol. The quantitative estimate of drug-likeness (QED) is 0.246. The molecule has 0 aliphatic heterocycles. The van der Waals surface area contributed by atoms with Crippen molar-refractivity contribution in [2.45, 2.75) is 92.9 Å². The molecule has 0 aromatic carbocycles. The van der Waals surface area contributed by atoms with Gasteiger partial charge in [-0.2, -0.15) is 0 Å². The Morgan fingerprint density at radius 1 is 1.23 bits per heavy atom. The Morgan fingerprint density at radius 2 is 1.95 bits per heavy atom. The Balaban J connectivity index is 2.42. The fourth-order valence-corrected chi connectivity index (χ4v) is 3.54. The second-order valence-corrected chi connectivity index (χ2v) is 8.23. The molecule has 22 heavy (non-hydrogen) atoms. The van der Waals surface area contributed by atoms with E-state index in [2.05, 4.69) is 59.8 Å². The Hall–Kier alpha value is -0.780. The van der Waals surface area contributed by atoms with Gasteiger partial charge in [-0.15, -0.1) is 0 Å². The van der Waals surface area contributed by atoms with Crippen molar-refractivity contribution >= 4 is 0 Å². The van der Waals surface area contributed by atoms with Crippen molar-refractivity contribution in [1.29, 1.82) is 0 Å². The van der Waals surface area contributed by atoms with Crippen molar-refractivity contribution in [2.24, 2.45) is 11.3 Å². The monoisotopic (exact) mass is 302 g/mol. The minimum atomic E-state index is 0.402. The highest BCUT2D eigenvalue weighted by Crippen LogP contribution is 2.41. The molecule has 1 aliphatic carbocycles. The van der Waals surface area contributed by atoms with Gasteiger partial charge in [0.2, 0.25) is 0 Å². The first-order chi connectivity index (χ1) is 10.3. The van der Waals surface area contributed by atoms with Crippen LogP contribution in [0.2, 0.25) is 0 Å². The van der Waals surface area contributed by atoms with Crippen LogP contribution < -0.4 is 0 Å². The minimum Gasteiger partial charge on any atom is -0.0843 e. The molecule has 0 spiro atoms. The Labute approximate surface area is 139 Å². The van der Waals surface area contributed by atoms with Gasteiger partial charge in [0.25, 0.3) is 0 Å². The van der Waals surface area contributed by atoms with Crippen LogP contribution in [0.1, 0.15) is 92.9 Å². The van der Waals surface area contributed by atoms with E-state index < -0.39 is 0 Å². The van der Waals surface area contributed by atoms with E-state index in [1.54, 1.807) is 11.1 Å². The Kier molecular flexibility index (Phi) is 8.21. The Morgan fingerprint density at radius 3 is 2.59 bits per heavy atom. The van der Waals surface area contributed by atoms with E-state index in [-0.39, 0.29) is 0 Å². The van der Waals surface area contributed by atoms with Crippen molar-refractivity contribution in [2.75, 3.05) is 0 Å². The van der Waals surface area contributed by atoms with Gasteiger partial charge in [-0.25, -0.2) is 0 Å². The zero-order valence-corrected chi connectivity index (χ0v) is 16.0. The van der Waals surface area contributed by atoms with Crippen LogP contribution in [0.4, 0.5) is 0 Å². The molecule has 0 heterocycles. The largest absolute Gasteiger partial charge is 0.0843 e. The summed E-state index contributed by atoms with van der Waals surface area (Å²) in [6.07, 6.45) is 17.6. The van der Waals surface area contributed by atoms with Crippen LogP contribution in [-0.4, -0.2) is 0 Å². The number of unbranched alkanes of at least 4 members (excludes halogenated alkanes) is 2. The fraction of sp³-hybridized carbons (Fsp3) is 0.727.